The predicted molar refractivity (Wildman–Crippen MR) is 122 cm³/mol. The van der Waals surface area contributed by atoms with Gasteiger partial charge in [-0.3, -0.25) is 9.89 Å². The summed E-state index contributed by atoms with van der Waals surface area (Å²) in [7, 11) is 1.76. The monoisotopic (exact) mass is 436 g/mol. The van der Waals surface area contributed by atoms with Crippen LogP contribution in [0.3, 0.4) is 0 Å². The van der Waals surface area contributed by atoms with Crippen molar-refractivity contribution in [1.82, 2.24) is 25.1 Å². The van der Waals surface area contributed by atoms with Crippen LogP contribution in [0.25, 0.3) is 21.1 Å². The standard InChI is InChI=1S/C22H24N6O2S/c1-12(29)10-28(2)22(30)13-3-5-16-18(8-13)31-21-19(16)20(23-11-24-21)26-15-4-6-17-14(7-15)9-25-27-17/h4,6-7,9,11-13,29H,3,5,8,10H2,1-2H3,(H,25,27)(H,23,24,26). The smallest absolute Gasteiger partial charge is 0.225 e. The van der Waals surface area contributed by atoms with Crippen LogP contribution < -0.4 is 5.32 Å². The highest BCUT2D eigenvalue weighted by Crippen LogP contribution is 2.40. The number of aromatic nitrogens is 4. The normalized spacial score (nSPS) is 16.9. The van der Waals surface area contributed by atoms with E-state index >= 15 is 0 Å². The van der Waals surface area contributed by atoms with Gasteiger partial charge in [0.1, 0.15) is 17.0 Å². The Kier molecular flexibility index (Phi) is 5.07. The molecule has 0 radical (unpaired) electrons. The molecule has 3 aromatic heterocycles. The van der Waals surface area contributed by atoms with E-state index in [1.807, 2.05) is 18.2 Å². The number of carbonyl (C=O) groups is 1. The first kappa shape index (κ1) is 19.9. The average Bonchev–Trinajstić information content (AvgIpc) is 3.36. The number of aliphatic hydroxyl groups is 1. The maximum absolute atomic E-state index is 12.8. The van der Waals surface area contributed by atoms with Gasteiger partial charge in [-0.05, 0) is 49.9 Å². The Bertz CT molecular complexity index is 1260. The quantitative estimate of drug-likeness (QED) is 0.443. The van der Waals surface area contributed by atoms with Gasteiger partial charge in [-0.25, -0.2) is 9.97 Å². The van der Waals surface area contributed by atoms with Crippen molar-refractivity contribution >= 4 is 49.9 Å². The number of fused-ring (bicyclic) bond motifs is 4. The van der Waals surface area contributed by atoms with Gasteiger partial charge in [-0.2, -0.15) is 5.10 Å². The molecule has 5 rings (SSSR count). The van der Waals surface area contributed by atoms with Gasteiger partial charge >= 0.3 is 0 Å². The summed E-state index contributed by atoms with van der Waals surface area (Å²) in [5.41, 5.74) is 3.18. The number of hydrogen-bond donors (Lipinski definition) is 3. The number of likely N-dealkylation sites (N-methyl/N-ethyl adjacent to an activating group) is 1. The molecular formula is C22H24N6O2S. The maximum atomic E-state index is 12.8. The van der Waals surface area contributed by atoms with E-state index in [1.54, 1.807) is 42.7 Å². The van der Waals surface area contributed by atoms with Crippen LogP contribution in [0, 0.1) is 5.92 Å². The van der Waals surface area contributed by atoms with Gasteiger partial charge in [0.25, 0.3) is 0 Å². The summed E-state index contributed by atoms with van der Waals surface area (Å²) >= 11 is 1.65. The third kappa shape index (κ3) is 3.75. The molecule has 2 atom stereocenters. The number of nitrogens with zero attached hydrogens (tertiary/aromatic N) is 4. The molecule has 4 aromatic rings. The molecule has 0 fully saturated rings. The van der Waals surface area contributed by atoms with Crippen molar-refractivity contribution in [3.8, 4) is 0 Å². The fourth-order valence-electron chi connectivity index (χ4n) is 4.37. The lowest BCUT2D eigenvalue weighted by atomic mass is 9.87. The van der Waals surface area contributed by atoms with E-state index in [0.29, 0.717) is 13.0 Å². The Hall–Kier alpha value is -3.04. The van der Waals surface area contributed by atoms with Gasteiger partial charge in [0.2, 0.25) is 5.91 Å². The summed E-state index contributed by atoms with van der Waals surface area (Å²) in [6.45, 7) is 2.06. The second-order valence-corrected chi connectivity index (χ2v) is 9.29. The maximum Gasteiger partial charge on any atom is 0.225 e. The first-order chi connectivity index (χ1) is 15.0. The molecule has 3 N–H and O–H groups in total. The van der Waals surface area contributed by atoms with Crippen LogP contribution in [0.4, 0.5) is 11.5 Å². The number of hydrogen-bond acceptors (Lipinski definition) is 7. The van der Waals surface area contributed by atoms with Crippen LogP contribution in [0.1, 0.15) is 23.8 Å². The number of H-pyrrole nitrogens is 1. The van der Waals surface area contributed by atoms with Crippen molar-refractivity contribution in [3.05, 3.63) is 41.2 Å². The molecule has 1 aliphatic rings. The van der Waals surface area contributed by atoms with Crippen LogP contribution in [-0.4, -0.2) is 55.8 Å². The number of aromatic amines is 1. The third-order valence-electron chi connectivity index (χ3n) is 5.81. The van der Waals surface area contributed by atoms with Crippen molar-refractivity contribution in [2.75, 3.05) is 18.9 Å². The molecule has 1 aromatic carbocycles. The zero-order chi connectivity index (χ0) is 21.5. The molecule has 2 unspecified atom stereocenters. The summed E-state index contributed by atoms with van der Waals surface area (Å²) in [5.74, 6) is 0.834. The van der Waals surface area contributed by atoms with Crippen molar-refractivity contribution < 1.29 is 9.90 Å². The van der Waals surface area contributed by atoms with Crippen LogP contribution in [0.2, 0.25) is 0 Å². The highest BCUT2D eigenvalue weighted by Gasteiger charge is 2.30. The van der Waals surface area contributed by atoms with E-state index in [-0.39, 0.29) is 11.8 Å². The number of aliphatic hydroxyl groups excluding tert-OH is 1. The fourth-order valence-corrected chi connectivity index (χ4v) is 5.64. The highest BCUT2D eigenvalue weighted by atomic mass is 32.1. The predicted octanol–water partition coefficient (Wildman–Crippen LogP) is 3.26. The number of carbonyl (C=O) groups excluding carboxylic acids is 1. The van der Waals surface area contributed by atoms with E-state index in [9.17, 15) is 9.90 Å². The third-order valence-corrected chi connectivity index (χ3v) is 6.97. The number of rotatable bonds is 5. The minimum atomic E-state index is -0.525. The van der Waals surface area contributed by atoms with Crippen LogP contribution in [0.15, 0.2) is 30.7 Å². The number of benzene rings is 1. The van der Waals surface area contributed by atoms with Gasteiger partial charge < -0.3 is 15.3 Å². The first-order valence-corrected chi connectivity index (χ1v) is 11.2. The van der Waals surface area contributed by atoms with E-state index < -0.39 is 6.10 Å². The Balaban J connectivity index is 1.43. The van der Waals surface area contributed by atoms with Crippen LogP contribution >= 0.6 is 11.3 Å². The molecule has 0 saturated carbocycles. The summed E-state index contributed by atoms with van der Waals surface area (Å²) < 4.78 is 0. The molecular weight excluding hydrogens is 412 g/mol. The molecule has 3 heterocycles. The topological polar surface area (TPSA) is 107 Å². The Morgan fingerprint density at radius 2 is 2.29 bits per heavy atom. The van der Waals surface area contributed by atoms with Crippen molar-refractivity contribution in [2.45, 2.75) is 32.3 Å². The van der Waals surface area contributed by atoms with E-state index in [2.05, 4.69) is 25.5 Å². The summed E-state index contributed by atoms with van der Waals surface area (Å²) in [6.07, 6.45) is 5.17. The Morgan fingerprint density at radius 3 is 3.13 bits per heavy atom. The van der Waals surface area contributed by atoms with E-state index in [1.165, 1.54) is 10.4 Å². The highest BCUT2D eigenvalue weighted by molar-refractivity contribution is 7.19. The lowest BCUT2D eigenvalue weighted by Gasteiger charge is -2.27. The minimum absolute atomic E-state index is 0.0582. The lowest BCUT2D eigenvalue weighted by molar-refractivity contribution is -0.135. The zero-order valence-corrected chi connectivity index (χ0v) is 18.2. The number of anilines is 2. The van der Waals surface area contributed by atoms with Crippen LogP contribution in [0.5, 0.6) is 0 Å². The summed E-state index contributed by atoms with van der Waals surface area (Å²) in [6, 6.07) is 6.03. The Morgan fingerprint density at radius 1 is 1.42 bits per heavy atom. The molecule has 0 aliphatic heterocycles. The largest absolute Gasteiger partial charge is 0.392 e. The average molecular weight is 437 g/mol. The zero-order valence-electron chi connectivity index (χ0n) is 17.4. The van der Waals surface area contributed by atoms with Crippen molar-refractivity contribution in [2.24, 2.45) is 5.92 Å². The second-order valence-electron chi connectivity index (χ2n) is 8.21. The molecule has 0 saturated heterocycles. The molecule has 31 heavy (non-hydrogen) atoms. The van der Waals surface area contributed by atoms with E-state index in [0.717, 1.165) is 45.5 Å². The fraction of sp³-hybridized carbons (Fsp3) is 0.364. The first-order valence-electron chi connectivity index (χ1n) is 10.4. The Labute approximate surface area is 183 Å². The summed E-state index contributed by atoms with van der Waals surface area (Å²) in [5, 5.41) is 22.2. The molecule has 0 spiro atoms. The molecule has 8 nitrogen and oxygen atoms in total. The SMILES string of the molecule is CC(O)CN(C)C(=O)C1CCc2c(sc3ncnc(Nc4ccc5[nH]ncc5c4)c23)C1. The molecule has 1 aliphatic carbocycles. The molecule has 0 bridgehead atoms. The summed E-state index contributed by atoms with van der Waals surface area (Å²) in [4.78, 5) is 25.6. The van der Waals surface area contributed by atoms with Gasteiger partial charge in [-0.1, -0.05) is 0 Å². The lowest BCUT2D eigenvalue weighted by Crippen LogP contribution is -2.39. The molecule has 9 heteroatoms. The van der Waals surface area contributed by atoms with Gasteiger partial charge in [0, 0.05) is 35.5 Å². The van der Waals surface area contributed by atoms with Gasteiger partial charge in [-0.15, -0.1) is 11.3 Å². The number of amides is 1. The molecule has 160 valence electrons. The molecule has 1 amide bonds. The van der Waals surface area contributed by atoms with Crippen molar-refractivity contribution in [1.29, 1.82) is 0 Å². The number of aryl methyl sites for hydroxylation is 1. The minimum Gasteiger partial charge on any atom is -0.392 e. The van der Waals surface area contributed by atoms with Crippen LogP contribution in [-0.2, 0) is 17.6 Å². The number of nitrogens with one attached hydrogen (secondary N) is 2. The van der Waals surface area contributed by atoms with E-state index in [4.69, 9.17) is 0 Å². The van der Waals surface area contributed by atoms with Crippen molar-refractivity contribution in [3.63, 3.8) is 0 Å². The number of thiophene rings is 1. The second kappa shape index (κ2) is 7.90. The van der Waals surface area contributed by atoms with Gasteiger partial charge in [0.05, 0.1) is 23.2 Å². The van der Waals surface area contributed by atoms with Gasteiger partial charge in [0.15, 0.2) is 0 Å².